The zero-order valence-electron chi connectivity index (χ0n) is 11.0. The summed E-state index contributed by atoms with van der Waals surface area (Å²) in [4.78, 5) is 19.4. The Morgan fingerprint density at radius 1 is 1.11 bits per heavy atom. The van der Waals surface area contributed by atoms with E-state index in [1.165, 1.54) is 6.92 Å². The Morgan fingerprint density at radius 2 is 1.84 bits per heavy atom. The van der Waals surface area contributed by atoms with E-state index in [2.05, 4.69) is 9.97 Å². The number of carbonyl (C=O) groups is 1. The van der Waals surface area contributed by atoms with Crippen LogP contribution in [-0.2, 0) is 0 Å². The van der Waals surface area contributed by atoms with E-state index in [1.54, 1.807) is 32.5 Å². The van der Waals surface area contributed by atoms with Gasteiger partial charge in [0.25, 0.3) is 0 Å². The van der Waals surface area contributed by atoms with Crippen molar-refractivity contribution in [1.82, 2.24) is 9.97 Å². The molecule has 0 unspecified atom stereocenters. The molecule has 0 N–H and O–H groups in total. The minimum atomic E-state index is -0.165. The molecule has 98 valence electrons. The molecule has 5 heteroatoms. The third kappa shape index (κ3) is 2.70. The van der Waals surface area contributed by atoms with Crippen LogP contribution in [0.2, 0.25) is 0 Å². The van der Waals surface area contributed by atoms with Gasteiger partial charge in [0.15, 0.2) is 23.1 Å². The van der Waals surface area contributed by atoms with Crippen LogP contribution in [0.3, 0.4) is 0 Å². The second-order valence-electron chi connectivity index (χ2n) is 3.89. The smallest absolute Gasteiger partial charge is 0.196 e. The quantitative estimate of drug-likeness (QED) is 0.788. The number of ether oxygens (including phenoxy) is 2. The molecule has 1 aromatic heterocycles. The van der Waals surface area contributed by atoms with Crippen LogP contribution in [0.1, 0.15) is 17.5 Å². The number of carbonyl (C=O) groups excluding carboxylic acids is 1. The average Bonchev–Trinajstić information content (AvgIpc) is 2.46. The van der Waals surface area contributed by atoms with Crippen LogP contribution in [0, 0.1) is 0 Å². The largest absolute Gasteiger partial charge is 0.493 e. The molecule has 0 saturated carbocycles. The van der Waals surface area contributed by atoms with Crippen LogP contribution in [-0.4, -0.2) is 30.0 Å². The summed E-state index contributed by atoms with van der Waals surface area (Å²) in [5.41, 5.74) is 1.50. The second kappa shape index (κ2) is 5.48. The van der Waals surface area contributed by atoms with Gasteiger partial charge in [0.2, 0.25) is 0 Å². The van der Waals surface area contributed by atoms with Crippen LogP contribution in [0.4, 0.5) is 0 Å². The lowest BCUT2D eigenvalue weighted by Crippen LogP contribution is -2.01. The average molecular weight is 258 g/mol. The van der Waals surface area contributed by atoms with Gasteiger partial charge in [-0.2, -0.15) is 0 Å². The minimum Gasteiger partial charge on any atom is -0.493 e. The van der Waals surface area contributed by atoms with Crippen LogP contribution in [0.15, 0.2) is 30.5 Å². The van der Waals surface area contributed by atoms with Crippen molar-refractivity contribution in [3.8, 4) is 22.8 Å². The molecule has 0 radical (unpaired) electrons. The molecule has 2 aromatic rings. The number of benzene rings is 1. The molecule has 0 atom stereocenters. The maximum absolute atomic E-state index is 11.3. The molecule has 0 amide bonds. The predicted octanol–water partition coefficient (Wildman–Crippen LogP) is 2.36. The number of hydrogen-bond acceptors (Lipinski definition) is 5. The van der Waals surface area contributed by atoms with Gasteiger partial charge in [0.1, 0.15) is 0 Å². The van der Waals surface area contributed by atoms with E-state index >= 15 is 0 Å². The summed E-state index contributed by atoms with van der Waals surface area (Å²) < 4.78 is 10.4. The molecular weight excluding hydrogens is 244 g/mol. The Morgan fingerprint density at radius 3 is 2.47 bits per heavy atom. The highest BCUT2D eigenvalue weighted by Gasteiger charge is 2.09. The van der Waals surface area contributed by atoms with Crippen LogP contribution >= 0.6 is 0 Å². The first-order valence-electron chi connectivity index (χ1n) is 5.72. The van der Waals surface area contributed by atoms with Crippen LogP contribution in [0.25, 0.3) is 11.3 Å². The molecule has 0 bridgehead atoms. The topological polar surface area (TPSA) is 61.3 Å². The van der Waals surface area contributed by atoms with Gasteiger partial charge in [-0.25, -0.2) is 9.97 Å². The lowest BCUT2D eigenvalue weighted by Gasteiger charge is -2.09. The zero-order chi connectivity index (χ0) is 13.8. The molecule has 0 saturated heterocycles. The first-order valence-corrected chi connectivity index (χ1v) is 5.72. The van der Waals surface area contributed by atoms with Crippen LogP contribution in [0.5, 0.6) is 11.5 Å². The van der Waals surface area contributed by atoms with E-state index < -0.39 is 0 Å². The third-order valence-corrected chi connectivity index (χ3v) is 2.65. The molecule has 0 aliphatic rings. The molecule has 0 aliphatic heterocycles. The number of aromatic nitrogens is 2. The zero-order valence-corrected chi connectivity index (χ0v) is 11.0. The number of hydrogen-bond donors (Lipinski definition) is 0. The van der Waals surface area contributed by atoms with Gasteiger partial charge in [-0.1, -0.05) is 0 Å². The summed E-state index contributed by atoms with van der Waals surface area (Å²) in [6.45, 7) is 1.44. The van der Waals surface area contributed by atoms with Gasteiger partial charge in [-0.05, 0) is 24.3 Å². The molecular formula is C14H14N2O3. The molecule has 5 nitrogen and oxygen atoms in total. The fraction of sp³-hybridized carbons (Fsp3) is 0.214. The molecule has 2 rings (SSSR count). The summed E-state index contributed by atoms with van der Waals surface area (Å²) in [7, 11) is 3.15. The Kier molecular flexibility index (Phi) is 3.75. The summed E-state index contributed by atoms with van der Waals surface area (Å²) in [5, 5.41) is 0. The van der Waals surface area contributed by atoms with Crippen molar-refractivity contribution in [3.05, 3.63) is 36.3 Å². The molecule has 19 heavy (non-hydrogen) atoms. The highest BCUT2D eigenvalue weighted by molar-refractivity contribution is 5.90. The van der Waals surface area contributed by atoms with Crippen molar-refractivity contribution in [2.75, 3.05) is 14.2 Å². The number of ketones is 1. The first kappa shape index (κ1) is 13.0. The monoisotopic (exact) mass is 258 g/mol. The number of rotatable bonds is 4. The number of methoxy groups -OCH3 is 2. The van der Waals surface area contributed by atoms with E-state index in [0.29, 0.717) is 17.2 Å². The van der Waals surface area contributed by atoms with Gasteiger partial charge >= 0.3 is 0 Å². The SMILES string of the molecule is COc1ccc(-c2ccnc(C(C)=O)n2)cc1OC. The van der Waals surface area contributed by atoms with Crippen molar-refractivity contribution < 1.29 is 14.3 Å². The molecule has 1 heterocycles. The highest BCUT2D eigenvalue weighted by Crippen LogP contribution is 2.31. The third-order valence-electron chi connectivity index (χ3n) is 2.65. The van der Waals surface area contributed by atoms with Crippen molar-refractivity contribution >= 4 is 5.78 Å². The fourth-order valence-electron chi connectivity index (χ4n) is 1.68. The van der Waals surface area contributed by atoms with E-state index in [-0.39, 0.29) is 11.6 Å². The molecule has 0 fully saturated rings. The standard InChI is InChI=1S/C14H14N2O3/c1-9(17)14-15-7-6-11(16-14)10-4-5-12(18-2)13(8-10)19-3/h4-8H,1-3H3. The van der Waals surface area contributed by atoms with E-state index in [9.17, 15) is 4.79 Å². The highest BCUT2D eigenvalue weighted by atomic mass is 16.5. The van der Waals surface area contributed by atoms with Gasteiger partial charge in [-0.15, -0.1) is 0 Å². The lowest BCUT2D eigenvalue weighted by atomic mass is 10.1. The van der Waals surface area contributed by atoms with Gasteiger partial charge in [0.05, 0.1) is 19.9 Å². The maximum atomic E-state index is 11.3. The van der Waals surface area contributed by atoms with E-state index in [1.807, 2.05) is 12.1 Å². The van der Waals surface area contributed by atoms with Gasteiger partial charge in [-0.3, -0.25) is 4.79 Å². The number of Topliss-reactive ketones (excluding diaryl/α,β-unsaturated/α-hetero) is 1. The van der Waals surface area contributed by atoms with Crippen molar-refractivity contribution in [2.45, 2.75) is 6.92 Å². The number of nitrogens with zero attached hydrogens (tertiary/aromatic N) is 2. The molecule has 0 spiro atoms. The summed E-state index contributed by atoms with van der Waals surface area (Å²) >= 11 is 0. The Labute approximate surface area is 111 Å². The van der Waals surface area contributed by atoms with Gasteiger partial charge in [0, 0.05) is 18.7 Å². The predicted molar refractivity (Wildman–Crippen MR) is 70.6 cm³/mol. The van der Waals surface area contributed by atoms with Gasteiger partial charge < -0.3 is 9.47 Å². The Bertz CT molecular complexity index is 611. The van der Waals surface area contributed by atoms with E-state index in [0.717, 1.165) is 5.56 Å². The molecule has 1 aromatic carbocycles. The normalized spacial score (nSPS) is 10.1. The molecule has 0 aliphatic carbocycles. The second-order valence-corrected chi connectivity index (χ2v) is 3.89. The fourth-order valence-corrected chi connectivity index (χ4v) is 1.68. The van der Waals surface area contributed by atoms with Crippen molar-refractivity contribution in [1.29, 1.82) is 0 Å². The summed E-state index contributed by atoms with van der Waals surface area (Å²) in [6.07, 6.45) is 1.57. The lowest BCUT2D eigenvalue weighted by molar-refractivity contribution is 0.100. The van der Waals surface area contributed by atoms with E-state index in [4.69, 9.17) is 9.47 Å². The van der Waals surface area contributed by atoms with Crippen molar-refractivity contribution in [3.63, 3.8) is 0 Å². The minimum absolute atomic E-state index is 0.165. The summed E-state index contributed by atoms with van der Waals surface area (Å²) in [5.74, 6) is 1.30. The Hall–Kier alpha value is -2.43. The summed E-state index contributed by atoms with van der Waals surface area (Å²) in [6, 6.07) is 7.20. The maximum Gasteiger partial charge on any atom is 0.196 e. The first-order chi connectivity index (χ1) is 9.15. The van der Waals surface area contributed by atoms with Crippen molar-refractivity contribution in [2.24, 2.45) is 0 Å². The Balaban J connectivity index is 2.47. The van der Waals surface area contributed by atoms with Crippen LogP contribution < -0.4 is 9.47 Å².